The quantitative estimate of drug-likeness (QED) is 0.265. The van der Waals surface area contributed by atoms with Crippen molar-refractivity contribution in [2.75, 3.05) is 0 Å². The van der Waals surface area contributed by atoms with Crippen LogP contribution in [0.3, 0.4) is 0 Å². The fourth-order valence-corrected chi connectivity index (χ4v) is 3.38. The molecule has 0 aliphatic carbocycles. The Morgan fingerprint density at radius 1 is 0.381 bits per heavy atom. The summed E-state index contributed by atoms with van der Waals surface area (Å²) in [7, 11) is 0. The van der Waals surface area contributed by atoms with Crippen molar-refractivity contribution in [2.24, 2.45) is 0 Å². The lowest BCUT2D eigenvalue weighted by molar-refractivity contribution is 0.530. The molecule has 234 valence electrons. The highest BCUT2D eigenvalue weighted by molar-refractivity contribution is 5.06. The number of aromatic nitrogens is 9. The lowest BCUT2D eigenvalue weighted by Crippen LogP contribution is -2.19. The fraction of sp³-hybridized carbons (Fsp3) is 0.727. The number of hydrogen-bond acceptors (Lipinski definition) is 9. The number of rotatable bonds is 8. The Bertz CT molecular complexity index is 1090. The van der Waals surface area contributed by atoms with E-state index >= 15 is 0 Å². The minimum absolute atomic E-state index is 0.0107. The van der Waals surface area contributed by atoms with E-state index in [0.29, 0.717) is 23.7 Å². The van der Waals surface area contributed by atoms with Gasteiger partial charge in [0.2, 0.25) is 0 Å². The van der Waals surface area contributed by atoms with E-state index in [1.807, 2.05) is 0 Å². The lowest BCUT2D eigenvalue weighted by atomic mass is 9.96. The molecular formula is C33H57N9. The molecule has 3 heterocycles. The maximum atomic E-state index is 4.46. The molecule has 0 aliphatic heterocycles. The summed E-state index contributed by atoms with van der Waals surface area (Å²) >= 11 is 0. The van der Waals surface area contributed by atoms with Gasteiger partial charge in [-0.1, -0.05) is 104 Å². The van der Waals surface area contributed by atoms with Crippen LogP contribution >= 0.6 is 0 Å². The summed E-state index contributed by atoms with van der Waals surface area (Å²) in [6.07, 6.45) is 3.50. The van der Waals surface area contributed by atoms with E-state index in [4.69, 9.17) is 0 Å². The molecule has 0 radical (unpaired) electrons. The third kappa shape index (κ3) is 12.1. The second kappa shape index (κ2) is 17.2. The zero-order valence-electron chi connectivity index (χ0n) is 29.2. The second-order valence-electron chi connectivity index (χ2n) is 12.7. The predicted molar refractivity (Wildman–Crippen MR) is 172 cm³/mol. The van der Waals surface area contributed by atoms with E-state index in [9.17, 15) is 0 Å². The molecule has 0 amide bonds. The van der Waals surface area contributed by atoms with Crippen molar-refractivity contribution in [3.63, 3.8) is 0 Å². The molecule has 0 saturated carbocycles. The lowest BCUT2D eigenvalue weighted by Gasteiger charge is -2.17. The maximum absolute atomic E-state index is 4.46. The van der Waals surface area contributed by atoms with Gasteiger partial charge in [-0.2, -0.15) is 0 Å². The minimum atomic E-state index is 0.0107. The normalized spacial score (nSPS) is 11.5. The van der Waals surface area contributed by atoms with Crippen LogP contribution in [0, 0.1) is 0 Å². The first kappa shape index (κ1) is 37.1. The molecule has 0 N–H and O–H groups in total. The van der Waals surface area contributed by atoms with Crippen molar-refractivity contribution < 1.29 is 0 Å². The Hall–Kier alpha value is -2.97. The number of aryl methyl sites for hydroxylation is 4. The van der Waals surface area contributed by atoms with Crippen LogP contribution in [0.4, 0.5) is 0 Å². The van der Waals surface area contributed by atoms with Crippen molar-refractivity contribution in [3.8, 4) is 0 Å². The van der Waals surface area contributed by atoms with E-state index in [0.717, 1.165) is 78.1 Å². The van der Waals surface area contributed by atoms with Gasteiger partial charge in [0.25, 0.3) is 0 Å². The predicted octanol–water partition coefficient (Wildman–Crippen LogP) is 7.66. The average molecular weight is 580 g/mol. The summed E-state index contributed by atoms with van der Waals surface area (Å²) in [5.74, 6) is 9.70. The van der Waals surface area contributed by atoms with Crippen LogP contribution in [0.25, 0.3) is 0 Å². The molecule has 0 bridgehead atoms. The van der Waals surface area contributed by atoms with Gasteiger partial charge in [0.1, 0.15) is 52.4 Å². The molecule has 3 aromatic rings. The van der Waals surface area contributed by atoms with E-state index in [-0.39, 0.29) is 5.41 Å². The second-order valence-corrected chi connectivity index (χ2v) is 12.7. The summed E-state index contributed by atoms with van der Waals surface area (Å²) in [4.78, 5) is 39.8. The summed E-state index contributed by atoms with van der Waals surface area (Å²) in [5.41, 5.74) is 0.0107. The van der Waals surface area contributed by atoms with Crippen LogP contribution in [0.15, 0.2) is 0 Å². The Kier molecular flexibility index (Phi) is 15.2. The van der Waals surface area contributed by atoms with Crippen molar-refractivity contribution in [1.82, 2.24) is 44.9 Å². The standard InChI is InChI=1S/3C11H19N3/c1-6-8-12-9(7-2)14-10(13-8)11(3,4)5;2*1-6-9-12-10(7(2)3)14-11(13-9)8(4)5/h6-7H2,1-5H3;2*7-8H,6H2,1-5H3. The molecule has 0 aliphatic rings. The van der Waals surface area contributed by atoms with Crippen LogP contribution in [0.2, 0.25) is 0 Å². The molecular weight excluding hydrogens is 522 g/mol. The van der Waals surface area contributed by atoms with Crippen molar-refractivity contribution in [1.29, 1.82) is 0 Å². The monoisotopic (exact) mass is 579 g/mol. The van der Waals surface area contributed by atoms with Gasteiger partial charge in [-0.05, 0) is 0 Å². The highest BCUT2D eigenvalue weighted by Gasteiger charge is 2.19. The van der Waals surface area contributed by atoms with Crippen LogP contribution in [-0.2, 0) is 31.1 Å². The summed E-state index contributed by atoms with van der Waals surface area (Å²) < 4.78 is 0. The van der Waals surface area contributed by atoms with E-state index in [1.165, 1.54) is 0 Å². The highest BCUT2D eigenvalue weighted by atomic mass is 15.1. The van der Waals surface area contributed by atoms with Crippen LogP contribution in [-0.4, -0.2) is 44.9 Å². The molecule has 9 nitrogen and oxygen atoms in total. The Morgan fingerprint density at radius 2 is 0.619 bits per heavy atom. The van der Waals surface area contributed by atoms with E-state index < -0.39 is 0 Å². The van der Waals surface area contributed by atoms with Crippen molar-refractivity contribution in [3.05, 3.63) is 52.4 Å². The molecule has 0 unspecified atom stereocenters. The van der Waals surface area contributed by atoms with Gasteiger partial charge in [0, 0.05) is 54.8 Å². The van der Waals surface area contributed by atoms with E-state index in [2.05, 4.69) is 149 Å². The largest absolute Gasteiger partial charge is 0.218 e. The van der Waals surface area contributed by atoms with Gasteiger partial charge >= 0.3 is 0 Å². The van der Waals surface area contributed by atoms with Crippen molar-refractivity contribution in [2.45, 2.75) is 159 Å². The zero-order chi connectivity index (χ0) is 32.2. The molecule has 0 atom stereocenters. The average Bonchev–Trinajstić information content (AvgIpc) is 2.96. The van der Waals surface area contributed by atoms with Gasteiger partial charge in [-0.15, -0.1) is 0 Å². The topological polar surface area (TPSA) is 116 Å². The molecule has 3 aromatic heterocycles. The van der Waals surface area contributed by atoms with Gasteiger partial charge in [0.15, 0.2) is 0 Å². The van der Waals surface area contributed by atoms with Gasteiger partial charge in [-0.25, -0.2) is 44.9 Å². The van der Waals surface area contributed by atoms with Crippen LogP contribution in [0.5, 0.6) is 0 Å². The number of nitrogens with zero attached hydrogens (tertiary/aromatic N) is 9. The van der Waals surface area contributed by atoms with Gasteiger partial charge in [-0.3, -0.25) is 0 Å². The van der Waals surface area contributed by atoms with Crippen LogP contribution < -0.4 is 0 Å². The number of hydrogen-bond donors (Lipinski definition) is 0. The third-order valence-electron chi connectivity index (χ3n) is 6.16. The molecule has 0 saturated heterocycles. The SMILES string of the molecule is CCc1nc(C(C)C)nc(C(C)C)n1.CCc1nc(C(C)C)nc(C(C)C)n1.CCc1nc(CC)nc(C(C)(C)C)n1. The maximum Gasteiger partial charge on any atom is 0.137 e. The first-order valence-corrected chi connectivity index (χ1v) is 15.8. The summed E-state index contributed by atoms with van der Waals surface area (Å²) in [5, 5.41) is 0. The minimum Gasteiger partial charge on any atom is -0.218 e. The Labute approximate surface area is 255 Å². The summed E-state index contributed by atoms with van der Waals surface area (Å²) in [6, 6.07) is 0. The molecule has 0 aromatic carbocycles. The van der Waals surface area contributed by atoms with E-state index in [1.54, 1.807) is 0 Å². The van der Waals surface area contributed by atoms with Crippen LogP contribution in [0.1, 0.15) is 180 Å². The van der Waals surface area contributed by atoms with Gasteiger partial charge < -0.3 is 0 Å². The molecule has 42 heavy (non-hydrogen) atoms. The first-order valence-electron chi connectivity index (χ1n) is 15.8. The molecule has 0 spiro atoms. The zero-order valence-corrected chi connectivity index (χ0v) is 29.2. The first-order chi connectivity index (χ1) is 19.6. The Balaban J connectivity index is 0.000000315. The smallest absolute Gasteiger partial charge is 0.137 e. The third-order valence-corrected chi connectivity index (χ3v) is 6.16. The highest BCUT2D eigenvalue weighted by Crippen LogP contribution is 2.18. The summed E-state index contributed by atoms with van der Waals surface area (Å²) in [6.45, 7) is 31.5. The molecule has 9 heteroatoms. The van der Waals surface area contributed by atoms with Crippen molar-refractivity contribution >= 4 is 0 Å². The van der Waals surface area contributed by atoms with Gasteiger partial charge in [0.05, 0.1) is 0 Å². The molecule has 0 fully saturated rings. The Morgan fingerprint density at radius 3 is 0.810 bits per heavy atom. The molecule has 3 rings (SSSR count). The fourth-order valence-electron chi connectivity index (χ4n) is 3.38.